The quantitative estimate of drug-likeness (QED) is 0.857. The monoisotopic (exact) mass is 321 g/mol. The van der Waals surface area contributed by atoms with E-state index in [1.807, 2.05) is 0 Å². The first-order chi connectivity index (χ1) is 11.0. The number of benzene rings is 1. The van der Waals surface area contributed by atoms with Gasteiger partial charge in [0.25, 0.3) is 5.91 Å². The van der Waals surface area contributed by atoms with Crippen molar-refractivity contribution in [3.63, 3.8) is 0 Å². The largest absolute Gasteiger partial charge is 0.435 e. The molecule has 1 unspecified atom stereocenters. The lowest BCUT2D eigenvalue weighted by Crippen LogP contribution is -2.27. The first-order valence-corrected chi connectivity index (χ1v) is 7.00. The van der Waals surface area contributed by atoms with Crippen molar-refractivity contribution in [3.8, 4) is 5.75 Å². The highest BCUT2D eigenvalue weighted by atomic mass is 19.3. The van der Waals surface area contributed by atoms with Crippen molar-refractivity contribution in [2.45, 2.75) is 26.1 Å². The smallest absolute Gasteiger partial charge is 0.387 e. The van der Waals surface area contributed by atoms with Crippen LogP contribution in [0.1, 0.15) is 34.6 Å². The average molecular weight is 321 g/mol. The number of rotatable bonds is 6. The number of carbonyl (C=O) groups excluding carboxylic acids is 1. The van der Waals surface area contributed by atoms with Crippen molar-refractivity contribution >= 4 is 5.91 Å². The molecule has 0 aliphatic heterocycles. The lowest BCUT2D eigenvalue weighted by Gasteiger charge is -2.16. The Bertz CT molecular complexity index is 680. The summed E-state index contributed by atoms with van der Waals surface area (Å²) in [4.78, 5) is 16.3. The van der Waals surface area contributed by atoms with Gasteiger partial charge in [-0.2, -0.15) is 8.78 Å². The number of nitrogens with zero attached hydrogens (tertiary/aromatic N) is 1. The molecule has 122 valence electrons. The molecule has 1 amide bonds. The third-order valence-corrected chi connectivity index (χ3v) is 3.22. The molecule has 1 heterocycles. The third-order valence-electron chi connectivity index (χ3n) is 3.22. The van der Waals surface area contributed by atoms with Crippen LogP contribution in [-0.2, 0) is 6.54 Å². The maximum absolute atomic E-state index is 12.2. The minimum absolute atomic E-state index is 0.0490. The molecule has 0 saturated carbocycles. The zero-order chi connectivity index (χ0) is 16.8. The number of amides is 1. The van der Waals surface area contributed by atoms with Gasteiger partial charge in [-0.05, 0) is 36.8 Å². The first kappa shape index (κ1) is 16.8. The van der Waals surface area contributed by atoms with Gasteiger partial charge in [0.2, 0.25) is 0 Å². The van der Waals surface area contributed by atoms with Crippen LogP contribution in [0.15, 0.2) is 42.6 Å². The number of hydrogen-bond donors (Lipinski definition) is 2. The highest BCUT2D eigenvalue weighted by molar-refractivity contribution is 5.94. The number of aromatic nitrogens is 1. The Labute approximate surface area is 132 Å². The van der Waals surface area contributed by atoms with E-state index >= 15 is 0 Å². The first-order valence-electron chi connectivity index (χ1n) is 7.00. The topological polar surface area (TPSA) is 77.2 Å². The summed E-state index contributed by atoms with van der Waals surface area (Å²) in [6.45, 7) is -0.893. The minimum Gasteiger partial charge on any atom is -0.435 e. The van der Waals surface area contributed by atoms with E-state index in [0.29, 0.717) is 16.8 Å². The fourth-order valence-electron chi connectivity index (χ4n) is 2.05. The molecule has 2 aromatic rings. The minimum atomic E-state index is -2.89. The molecule has 1 aromatic heterocycles. The molecular formula is C16H17F2N3O2. The molecule has 23 heavy (non-hydrogen) atoms. The van der Waals surface area contributed by atoms with Crippen molar-refractivity contribution in [1.82, 2.24) is 10.3 Å². The van der Waals surface area contributed by atoms with Gasteiger partial charge in [-0.25, -0.2) is 0 Å². The van der Waals surface area contributed by atoms with Crippen LogP contribution >= 0.6 is 0 Å². The summed E-state index contributed by atoms with van der Waals surface area (Å²) in [7, 11) is 0. The molecule has 0 radical (unpaired) electrons. The zero-order valence-electron chi connectivity index (χ0n) is 12.5. The number of carbonyl (C=O) groups is 1. The second-order valence-corrected chi connectivity index (χ2v) is 4.89. The van der Waals surface area contributed by atoms with Crippen molar-refractivity contribution in [2.75, 3.05) is 0 Å². The molecule has 0 bridgehead atoms. The van der Waals surface area contributed by atoms with E-state index in [1.165, 1.54) is 18.3 Å². The number of hydrogen-bond acceptors (Lipinski definition) is 4. The summed E-state index contributed by atoms with van der Waals surface area (Å²) in [6, 6.07) is 9.03. The number of ether oxygens (including phenoxy) is 1. The molecule has 0 aliphatic rings. The van der Waals surface area contributed by atoms with Gasteiger partial charge in [-0.15, -0.1) is 0 Å². The van der Waals surface area contributed by atoms with Crippen LogP contribution in [0.5, 0.6) is 5.75 Å². The van der Waals surface area contributed by atoms with Gasteiger partial charge in [-0.3, -0.25) is 9.78 Å². The number of alkyl halides is 2. The van der Waals surface area contributed by atoms with Gasteiger partial charge in [0.1, 0.15) is 5.75 Å². The molecule has 0 fully saturated rings. The molecule has 1 atom stereocenters. The van der Waals surface area contributed by atoms with E-state index < -0.39 is 6.61 Å². The number of halogens is 2. The molecule has 7 heteroatoms. The van der Waals surface area contributed by atoms with Crippen molar-refractivity contribution in [3.05, 3.63) is 59.4 Å². The van der Waals surface area contributed by atoms with Crippen molar-refractivity contribution in [2.24, 2.45) is 5.73 Å². The van der Waals surface area contributed by atoms with Crippen LogP contribution in [0.4, 0.5) is 8.78 Å². The normalized spacial score (nSPS) is 12.0. The highest BCUT2D eigenvalue weighted by Crippen LogP contribution is 2.21. The van der Waals surface area contributed by atoms with Gasteiger partial charge in [-0.1, -0.05) is 12.1 Å². The Morgan fingerprint density at radius 2 is 2.13 bits per heavy atom. The maximum atomic E-state index is 12.2. The molecule has 0 spiro atoms. The van der Waals surface area contributed by atoms with Gasteiger partial charge in [0.05, 0.1) is 11.7 Å². The summed E-state index contributed by atoms with van der Waals surface area (Å²) in [5, 5.41) is 2.79. The van der Waals surface area contributed by atoms with E-state index in [0.717, 1.165) is 0 Å². The maximum Gasteiger partial charge on any atom is 0.387 e. The van der Waals surface area contributed by atoms with Crippen LogP contribution < -0.4 is 15.8 Å². The van der Waals surface area contributed by atoms with Crippen molar-refractivity contribution < 1.29 is 18.3 Å². The zero-order valence-corrected chi connectivity index (χ0v) is 12.5. The average Bonchev–Trinajstić information content (AvgIpc) is 2.54. The Hall–Kier alpha value is -2.54. The number of nitrogens with one attached hydrogen (secondary N) is 1. The Morgan fingerprint density at radius 3 is 2.83 bits per heavy atom. The summed E-state index contributed by atoms with van der Waals surface area (Å²) in [5.41, 5.74) is 7.20. The SMILES string of the molecule is CC(NC(=O)c1ccnc(CN)c1)c1cccc(OC(F)F)c1. The Kier molecular flexibility index (Phi) is 5.59. The lowest BCUT2D eigenvalue weighted by atomic mass is 10.1. The second kappa shape index (κ2) is 7.64. The van der Waals surface area contributed by atoms with Crippen LogP contribution in [0.25, 0.3) is 0 Å². The van der Waals surface area contributed by atoms with Crippen LogP contribution in [0, 0.1) is 0 Å². The Morgan fingerprint density at radius 1 is 1.35 bits per heavy atom. The van der Waals surface area contributed by atoms with E-state index in [1.54, 1.807) is 31.2 Å². The van der Waals surface area contributed by atoms with Crippen molar-refractivity contribution in [1.29, 1.82) is 0 Å². The number of pyridine rings is 1. The summed E-state index contributed by atoms with van der Waals surface area (Å²) in [6.07, 6.45) is 1.51. The summed E-state index contributed by atoms with van der Waals surface area (Å²) < 4.78 is 28.9. The second-order valence-electron chi connectivity index (χ2n) is 4.89. The molecule has 5 nitrogen and oxygen atoms in total. The predicted molar refractivity (Wildman–Crippen MR) is 81.1 cm³/mol. The molecular weight excluding hydrogens is 304 g/mol. The Balaban J connectivity index is 2.08. The van der Waals surface area contributed by atoms with E-state index in [4.69, 9.17) is 5.73 Å². The standard InChI is InChI=1S/C16H17F2N3O2/c1-10(11-3-2-4-14(8-11)23-16(17)18)21-15(22)12-5-6-20-13(7-12)9-19/h2-8,10,16H,9,19H2,1H3,(H,21,22). The molecule has 3 N–H and O–H groups in total. The van der Waals surface area contributed by atoms with Gasteiger partial charge in [0, 0.05) is 18.3 Å². The van der Waals surface area contributed by atoms with Gasteiger partial charge >= 0.3 is 6.61 Å². The lowest BCUT2D eigenvalue weighted by molar-refractivity contribution is -0.0499. The van der Waals surface area contributed by atoms with E-state index in [-0.39, 0.29) is 24.2 Å². The van der Waals surface area contributed by atoms with Gasteiger partial charge in [0.15, 0.2) is 0 Å². The van der Waals surface area contributed by atoms with E-state index in [2.05, 4.69) is 15.0 Å². The fraction of sp³-hybridized carbons (Fsp3) is 0.250. The third kappa shape index (κ3) is 4.72. The van der Waals surface area contributed by atoms with Crippen LogP contribution in [0.2, 0.25) is 0 Å². The highest BCUT2D eigenvalue weighted by Gasteiger charge is 2.13. The molecule has 2 rings (SSSR count). The predicted octanol–water partition coefficient (Wildman–Crippen LogP) is 2.63. The van der Waals surface area contributed by atoms with Crippen LogP contribution in [-0.4, -0.2) is 17.5 Å². The van der Waals surface area contributed by atoms with E-state index in [9.17, 15) is 13.6 Å². The molecule has 1 aromatic carbocycles. The molecule has 0 aliphatic carbocycles. The summed E-state index contributed by atoms with van der Waals surface area (Å²) >= 11 is 0. The molecule has 0 saturated heterocycles. The fourth-order valence-corrected chi connectivity index (χ4v) is 2.05. The van der Waals surface area contributed by atoms with Crippen LogP contribution in [0.3, 0.4) is 0 Å². The number of nitrogens with two attached hydrogens (primary N) is 1. The van der Waals surface area contributed by atoms with Gasteiger partial charge < -0.3 is 15.8 Å². The summed E-state index contributed by atoms with van der Waals surface area (Å²) in [5.74, 6) is -0.247.